The quantitative estimate of drug-likeness (QED) is 0.763. The first-order chi connectivity index (χ1) is 9.65. The molecule has 0 fully saturated rings. The summed E-state index contributed by atoms with van der Waals surface area (Å²) in [6.07, 6.45) is 1.18. The van der Waals surface area contributed by atoms with E-state index in [1.165, 1.54) is 0 Å². The van der Waals surface area contributed by atoms with Crippen LogP contribution in [0, 0.1) is 0 Å². The van der Waals surface area contributed by atoms with Gasteiger partial charge >= 0.3 is 0 Å². The summed E-state index contributed by atoms with van der Waals surface area (Å²) >= 11 is 12.1. The Morgan fingerprint density at radius 3 is 2.55 bits per heavy atom. The summed E-state index contributed by atoms with van der Waals surface area (Å²) in [6, 6.07) is 5.15. The first-order valence-electron chi connectivity index (χ1n) is 6.26. The molecule has 0 aliphatic rings. The normalized spacial score (nSPS) is 11.2. The summed E-state index contributed by atoms with van der Waals surface area (Å²) in [5.41, 5.74) is 1.24. The van der Waals surface area contributed by atoms with Gasteiger partial charge in [0.15, 0.2) is 0 Å². The molecular formula is C13H15Cl2N3O2. The minimum absolute atomic E-state index is 0.523. The summed E-state index contributed by atoms with van der Waals surface area (Å²) in [7, 11) is 0. The fourth-order valence-corrected chi connectivity index (χ4v) is 2.06. The lowest BCUT2D eigenvalue weighted by molar-refractivity contribution is -0.142. The van der Waals surface area contributed by atoms with Crippen molar-refractivity contribution in [1.82, 2.24) is 15.0 Å². The van der Waals surface area contributed by atoms with E-state index in [2.05, 4.69) is 10.3 Å². The van der Waals surface area contributed by atoms with Crippen LogP contribution in [0.1, 0.15) is 25.8 Å². The standard InChI is InChI=1S/C13H15Cl2N3O2/c1-3-19-13(20-4-2)11-8-18(17-16-11)12-7-9(14)5-6-10(12)15/h5-8,13H,3-4H2,1-2H3. The van der Waals surface area contributed by atoms with Crippen molar-refractivity contribution in [2.75, 3.05) is 13.2 Å². The smallest absolute Gasteiger partial charge is 0.204 e. The van der Waals surface area contributed by atoms with Crippen LogP contribution in [0.5, 0.6) is 0 Å². The fraction of sp³-hybridized carbons (Fsp3) is 0.385. The van der Waals surface area contributed by atoms with E-state index in [0.717, 1.165) is 0 Å². The minimum atomic E-state index is -0.531. The third-order valence-corrected chi connectivity index (χ3v) is 3.10. The molecular weight excluding hydrogens is 301 g/mol. The molecule has 0 aliphatic carbocycles. The van der Waals surface area contributed by atoms with Crippen LogP contribution in [0.3, 0.4) is 0 Å². The van der Waals surface area contributed by atoms with Gasteiger partial charge in [0.2, 0.25) is 6.29 Å². The molecule has 0 atom stereocenters. The second-order valence-electron chi connectivity index (χ2n) is 3.93. The molecule has 2 rings (SSSR count). The van der Waals surface area contributed by atoms with E-state index in [4.69, 9.17) is 32.7 Å². The first-order valence-corrected chi connectivity index (χ1v) is 7.02. The number of nitrogens with zero attached hydrogens (tertiary/aromatic N) is 3. The average Bonchev–Trinajstić information content (AvgIpc) is 2.91. The van der Waals surface area contributed by atoms with Crippen molar-refractivity contribution in [2.45, 2.75) is 20.1 Å². The minimum Gasteiger partial charge on any atom is -0.347 e. The van der Waals surface area contributed by atoms with Crippen molar-refractivity contribution in [3.63, 3.8) is 0 Å². The van der Waals surface area contributed by atoms with Gasteiger partial charge in [-0.05, 0) is 32.0 Å². The molecule has 0 spiro atoms. The van der Waals surface area contributed by atoms with E-state index in [9.17, 15) is 0 Å². The molecule has 2 aromatic rings. The molecule has 0 saturated heterocycles. The number of hydrogen-bond donors (Lipinski definition) is 0. The molecule has 5 nitrogen and oxygen atoms in total. The van der Waals surface area contributed by atoms with E-state index in [-0.39, 0.29) is 0 Å². The van der Waals surface area contributed by atoms with Crippen LogP contribution in [0.2, 0.25) is 10.0 Å². The molecule has 0 unspecified atom stereocenters. The van der Waals surface area contributed by atoms with Crippen molar-refractivity contribution in [3.8, 4) is 5.69 Å². The lowest BCUT2D eigenvalue weighted by atomic mass is 10.3. The third-order valence-electron chi connectivity index (χ3n) is 2.54. The lowest BCUT2D eigenvalue weighted by Gasteiger charge is -2.13. The maximum atomic E-state index is 6.13. The van der Waals surface area contributed by atoms with Gasteiger partial charge in [-0.2, -0.15) is 0 Å². The summed E-state index contributed by atoms with van der Waals surface area (Å²) < 4.78 is 12.5. The van der Waals surface area contributed by atoms with Crippen LogP contribution >= 0.6 is 23.2 Å². The molecule has 0 saturated carbocycles. The summed E-state index contributed by atoms with van der Waals surface area (Å²) in [5, 5.41) is 9.21. The predicted molar refractivity (Wildman–Crippen MR) is 77.4 cm³/mol. The fourth-order valence-electron chi connectivity index (χ4n) is 1.69. The highest BCUT2D eigenvalue weighted by Gasteiger charge is 2.17. The average molecular weight is 316 g/mol. The lowest BCUT2D eigenvalue weighted by Crippen LogP contribution is -2.09. The van der Waals surface area contributed by atoms with Gasteiger partial charge < -0.3 is 9.47 Å². The number of aromatic nitrogens is 3. The van der Waals surface area contributed by atoms with Crippen molar-refractivity contribution in [3.05, 3.63) is 40.1 Å². The van der Waals surface area contributed by atoms with E-state index >= 15 is 0 Å². The number of rotatable bonds is 6. The Bertz CT molecular complexity index is 568. The van der Waals surface area contributed by atoms with Crippen LogP contribution in [-0.4, -0.2) is 28.2 Å². The van der Waals surface area contributed by atoms with Gasteiger partial charge in [0.05, 0.1) is 16.9 Å². The van der Waals surface area contributed by atoms with Crippen molar-refractivity contribution in [1.29, 1.82) is 0 Å². The molecule has 0 radical (unpaired) electrons. The number of halogens is 2. The zero-order valence-electron chi connectivity index (χ0n) is 11.2. The molecule has 0 aliphatic heterocycles. The Morgan fingerprint density at radius 1 is 1.20 bits per heavy atom. The predicted octanol–water partition coefficient (Wildman–Crippen LogP) is 3.65. The highest BCUT2D eigenvalue weighted by Crippen LogP contribution is 2.25. The van der Waals surface area contributed by atoms with Crippen molar-refractivity contribution in [2.24, 2.45) is 0 Å². The van der Waals surface area contributed by atoms with Gasteiger partial charge in [0, 0.05) is 18.2 Å². The van der Waals surface area contributed by atoms with E-state index in [1.54, 1.807) is 29.1 Å². The van der Waals surface area contributed by atoms with Crippen LogP contribution in [0.15, 0.2) is 24.4 Å². The van der Waals surface area contributed by atoms with Gasteiger partial charge in [-0.3, -0.25) is 0 Å². The monoisotopic (exact) mass is 315 g/mol. The van der Waals surface area contributed by atoms with E-state index in [1.807, 2.05) is 13.8 Å². The Kier molecular flexibility index (Phi) is 5.37. The molecule has 1 aromatic heterocycles. The Morgan fingerprint density at radius 2 is 1.90 bits per heavy atom. The second-order valence-corrected chi connectivity index (χ2v) is 4.77. The highest BCUT2D eigenvalue weighted by atomic mass is 35.5. The van der Waals surface area contributed by atoms with Gasteiger partial charge in [-0.25, -0.2) is 4.68 Å². The maximum absolute atomic E-state index is 6.13. The first kappa shape index (κ1) is 15.3. The summed E-state index contributed by atoms with van der Waals surface area (Å²) in [6.45, 7) is 4.83. The number of ether oxygens (including phenoxy) is 2. The largest absolute Gasteiger partial charge is 0.347 e. The summed E-state index contributed by atoms with van der Waals surface area (Å²) in [5.74, 6) is 0. The highest BCUT2D eigenvalue weighted by molar-refractivity contribution is 6.34. The van der Waals surface area contributed by atoms with Gasteiger partial charge in [0.25, 0.3) is 0 Å². The topological polar surface area (TPSA) is 49.2 Å². The zero-order valence-corrected chi connectivity index (χ0v) is 12.7. The van der Waals surface area contributed by atoms with Crippen LogP contribution in [0.25, 0.3) is 5.69 Å². The molecule has 108 valence electrons. The van der Waals surface area contributed by atoms with Crippen LogP contribution < -0.4 is 0 Å². The van der Waals surface area contributed by atoms with Gasteiger partial charge in [-0.1, -0.05) is 28.4 Å². The number of benzene rings is 1. The van der Waals surface area contributed by atoms with E-state index < -0.39 is 6.29 Å². The second kappa shape index (κ2) is 7.04. The van der Waals surface area contributed by atoms with Crippen LogP contribution in [0.4, 0.5) is 0 Å². The van der Waals surface area contributed by atoms with Crippen molar-refractivity contribution >= 4 is 23.2 Å². The Balaban J connectivity index is 2.29. The summed E-state index contributed by atoms with van der Waals surface area (Å²) in [4.78, 5) is 0. The molecule has 7 heteroatoms. The molecule has 20 heavy (non-hydrogen) atoms. The Hall–Kier alpha value is -1.14. The van der Waals surface area contributed by atoms with Gasteiger partial charge in [-0.15, -0.1) is 5.10 Å². The van der Waals surface area contributed by atoms with Crippen LogP contribution in [-0.2, 0) is 9.47 Å². The van der Waals surface area contributed by atoms with Gasteiger partial charge in [0.1, 0.15) is 5.69 Å². The third kappa shape index (κ3) is 3.49. The zero-order chi connectivity index (χ0) is 14.5. The van der Waals surface area contributed by atoms with Crippen molar-refractivity contribution < 1.29 is 9.47 Å². The SMILES string of the molecule is CCOC(OCC)c1cn(-c2cc(Cl)ccc2Cl)nn1. The molecule has 0 bridgehead atoms. The number of hydrogen-bond acceptors (Lipinski definition) is 4. The molecule has 1 heterocycles. The molecule has 0 amide bonds. The molecule has 0 N–H and O–H groups in total. The van der Waals surface area contributed by atoms with E-state index in [0.29, 0.717) is 34.6 Å². The molecule has 1 aromatic carbocycles. The Labute approximate surface area is 127 Å². The maximum Gasteiger partial charge on any atom is 0.204 e.